The molecule has 142 valence electrons. The van der Waals surface area contributed by atoms with E-state index in [-0.39, 0.29) is 11.0 Å². The average Bonchev–Trinajstić information content (AvgIpc) is 2.71. The number of halogens is 1. The molecule has 0 aliphatic heterocycles. The highest BCUT2D eigenvalue weighted by atomic mass is 35.5. The van der Waals surface area contributed by atoms with Crippen LogP contribution in [0.25, 0.3) is 0 Å². The van der Waals surface area contributed by atoms with Crippen molar-refractivity contribution in [3.63, 3.8) is 0 Å². The largest absolute Gasteiger partial charge is 0.493 e. The monoisotopic (exact) mass is 410 g/mol. The molecule has 0 aliphatic carbocycles. The Labute approximate surface area is 174 Å². The van der Waals surface area contributed by atoms with Gasteiger partial charge < -0.3 is 10.1 Å². The number of rotatable bonds is 6. The van der Waals surface area contributed by atoms with Gasteiger partial charge in [0, 0.05) is 22.7 Å². The zero-order valence-corrected chi connectivity index (χ0v) is 16.6. The highest BCUT2D eigenvalue weighted by Crippen LogP contribution is 2.14. The van der Waals surface area contributed by atoms with Crippen molar-refractivity contribution in [1.82, 2.24) is 5.32 Å². The Morgan fingerprint density at radius 1 is 0.929 bits per heavy atom. The van der Waals surface area contributed by atoms with Crippen molar-refractivity contribution in [2.75, 3.05) is 11.9 Å². The van der Waals surface area contributed by atoms with E-state index in [1.165, 1.54) is 5.56 Å². The molecular weight excluding hydrogens is 392 g/mol. The van der Waals surface area contributed by atoms with Crippen LogP contribution in [0, 0.1) is 0 Å². The molecule has 1 amide bonds. The number of benzene rings is 3. The molecule has 0 spiro atoms. The number of thiocarbonyl (C=S) groups is 1. The lowest BCUT2D eigenvalue weighted by Crippen LogP contribution is -2.34. The molecule has 0 aliphatic rings. The van der Waals surface area contributed by atoms with Crippen LogP contribution in [-0.4, -0.2) is 17.6 Å². The van der Waals surface area contributed by atoms with Crippen LogP contribution in [0.2, 0.25) is 5.02 Å². The van der Waals surface area contributed by atoms with Crippen molar-refractivity contribution < 1.29 is 9.53 Å². The predicted octanol–water partition coefficient (Wildman–Crippen LogP) is 5.09. The zero-order chi connectivity index (χ0) is 19.8. The number of carbonyl (C=O) groups excluding carboxylic acids is 1. The third-order valence-electron chi connectivity index (χ3n) is 3.95. The predicted molar refractivity (Wildman–Crippen MR) is 117 cm³/mol. The Balaban J connectivity index is 1.47. The van der Waals surface area contributed by atoms with Gasteiger partial charge >= 0.3 is 0 Å². The number of amides is 1. The Morgan fingerprint density at radius 2 is 1.61 bits per heavy atom. The van der Waals surface area contributed by atoms with Gasteiger partial charge in [0.25, 0.3) is 5.91 Å². The summed E-state index contributed by atoms with van der Waals surface area (Å²) in [5.41, 5.74) is 2.47. The lowest BCUT2D eigenvalue weighted by Gasteiger charge is -2.10. The van der Waals surface area contributed by atoms with Gasteiger partial charge in [0.05, 0.1) is 6.61 Å². The summed E-state index contributed by atoms with van der Waals surface area (Å²) in [6.07, 6.45) is 0.827. The summed E-state index contributed by atoms with van der Waals surface area (Å²) in [4.78, 5) is 12.3. The Hall–Kier alpha value is -2.89. The van der Waals surface area contributed by atoms with E-state index >= 15 is 0 Å². The summed E-state index contributed by atoms with van der Waals surface area (Å²) >= 11 is 11.0. The maximum Gasteiger partial charge on any atom is 0.257 e. The molecular formula is C22H19ClN2O2S. The Bertz CT molecular complexity index is 929. The van der Waals surface area contributed by atoms with Crippen LogP contribution in [0.1, 0.15) is 15.9 Å². The second-order valence-electron chi connectivity index (χ2n) is 6.02. The van der Waals surface area contributed by atoms with Gasteiger partial charge in [-0.15, -0.1) is 0 Å². The molecule has 6 heteroatoms. The third kappa shape index (κ3) is 6.08. The van der Waals surface area contributed by atoms with Crippen LogP contribution in [0.4, 0.5) is 5.69 Å². The minimum absolute atomic E-state index is 0.218. The first kappa shape index (κ1) is 19.9. The number of carbonyl (C=O) groups is 1. The van der Waals surface area contributed by atoms with Crippen molar-refractivity contribution in [1.29, 1.82) is 0 Å². The van der Waals surface area contributed by atoms with E-state index in [9.17, 15) is 4.79 Å². The minimum atomic E-state index is -0.290. The first-order chi connectivity index (χ1) is 13.6. The molecule has 0 bridgehead atoms. The smallest absolute Gasteiger partial charge is 0.257 e. The van der Waals surface area contributed by atoms with Gasteiger partial charge in [-0.25, -0.2) is 0 Å². The highest BCUT2D eigenvalue weighted by molar-refractivity contribution is 7.80. The molecule has 0 atom stereocenters. The Kier molecular flexibility index (Phi) is 7.00. The quantitative estimate of drug-likeness (QED) is 0.556. The summed E-state index contributed by atoms with van der Waals surface area (Å²) in [6.45, 7) is 0.574. The summed E-state index contributed by atoms with van der Waals surface area (Å²) in [6, 6.07) is 24.1. The van der Waals surface area contributed by atoms with E-state index in [1.807, 2.05) is 18.2 Å². The Morgan fingerprint density at radius 3 is 2.29 bits per heavy atom. The summed E-state index contributed by atoms with van der Waals surface area (Å²) in [5, 5.41) is 6.44. The van der Waals surface area contributed by atoms with E-state index in [2.05, 4.69) is 22.8 Å². The lowest BCUT2D eigenvalue weighted by molar-refractivity contribution is 0.0977. The molecule has 2 N–H and O–H groups in total. The average molecular weight is 411 g/mol. The lowest BCUT2D eigenvalue weighted by atomic mass is 10.2. The van der Waals surface area contributed by atoms with Gasteiger partial charge in [-0.2, -0.15) is 0 Å². The summed E-state index contributed by atoms with van der Waals surface area (Å²) in [5.74, 6) is 0.427. The molecule has 0 heterocycles. The van der Waals surface area contributed by atoms with Gasteiger partial charge in [-0.1, -0.05) is 41.9 Å². The fourth-order valence-electron chi connectivity index (χ4n) is 2.50. The zero-order valence-electron chi connectivity index (χ0n) is 15.0. The first-order valence-corrected chi connectivity index (χ1v) is 9.53. The minimum Gasteiger partial charge on any atom is -0.493 e. The SMILES string of the molecule is O=C(NC(=S)Nc1ccc(Cl)cc1)c1ccc(OCCc2ccccc2)cc1. The fourth-order valence-corrected chi connectivity index (χ4v) is 2.84. The van der Waals surface area contributed by atoms with Gasteiger partial charge in [0.15, 0.2) is 5.11 Å². The number of hydrogen-bond acceptors (Lipinski definition) is 3. The van der Waals surface area contributed by atoms with Crippen LogP contribution < -0.4 is 15.4 Å². The topological polar surface area (TPSA) is 50.4 Å². The molecule has 0 radical (unpaired) electrons. The molecule has 3 aromatic carbocycles. The van der Waals surface area contributed by atoms with E-state index in [4.69, 9.17) is 28.6 Å². The summed E-state index contributed by atoms with van der Waals surface area (Å²) in [7, 11) is 0. The molecule has 0 saturated carbocycles. The molecule has 0 fully saturated rings. The molecule has 0 aromatic heterocycles. The van der Waals surface area contributed by atoms with Gasteiger partial charge in [-0.05, 0) is 66.3 Å². The van der Waals surface area contributed by atoms with E-state index in [0.717, 1.165) is 12.1 Å². The normalized spacial score (nSPS) is 10.2. The van der Waals surface area contributed by atoms with E-state index in [0.29, 0.717) is 22.9 Å². The van der Waals surface area contributed by atoms with Crippen molar-refractivity contribution in [2.24, 2.45) is 0 Å². The van der Waals surface area contributed by atoms with Gasteiger partial charge in [0.1, 0.15) is 5.75 Å². The molecule has 3 aromatic rings. The van der Waals surface area contributed by atoms with E-state index < -0.39 is 0 Å². The van der Waals surface area contributed by atoms with Crippen molar-refractivity contribution in [3.8, 4) is 5.75 Å². The van der Waals surface area contributed by atoms with Crippen LogP contribution in [-0.2, 0) is 6.42 Å². The van der Waals surface area contributed by atoms with Crippen molar-refractivity contribution in [2.45, 2.75) is 6.42 Å². The first-order valence-electron chi connectivity index (χ1n) is 8.75. The molecule has 0 saturated heterocycles. The number of nitrogens with one attached hydrogen (secondary N) is 2. The van der Waals surface area contributed by atoms with E-state index in [1.54, 1.807) is 48.5 Å². The molecule has 3 rings (SSSR count). The van der Waals surface area contributed by atoms with Crippen LogP contribution in [0.3, 0.4) is 0 Å². The highest BCUT2D eigenvalue weighted by Gasteiger charge is 2.08. The molecule has 4 nitrogen and oxygen atoms in total. The third-order valence-corrected chi connectivity index (χ3v) is 4.40. The molecule has 28 heavy (non-hydrogen) atoms. The summed E-state index contributed by atoms with van der Waals surface area (Å²) < 4.78 is 5.73. The van der Waals surface area contributed by atoms with Crippen molar-refractivity contribution >= 4 is 40.5 Å². The van der Waals surface area contributed by atoms with Crippen LogP contribution >= 0.6 is 23.8 Å². The van der Waals surface area contributed by atoms with Gasteiger partial charge in [0.2, 0.25) is 0 Å². The second kappa shape index (κ2) is 9.88. The maximum absolute atomic E-state index is 12.3. The fraction of sp³-hybridized carbons (Fsp3) is 0.0909. The number of anilines is 1. The molecule has 0 unspecified atom stereocenters. The van der Waals surface area contributed by atoms with Crippen LogP contribution in [0.15, 0.2) is 78.9 Å². The second-order valence-corrected chi connectivity index (χ2v) is 6.87. The number of ether oxygens (including phenoxy) is 1. The van der Waals surface area contributed by atoms with Gasteiger partial charge in [-0.3, -0.25) is 10.1 Å². The van der Waals surface area contributed by atoms with Crippen molar-refractivity contribution in [3.05, 3.63) is 95.0 Å². The maximum atomic E-state index is 12.3. The number of hydrogen-bond donors (Lipinski definition) is 2. The van der Waals surface area contributed by atoms with Crippen LogP contribution in [0.5, 0.6) is 5.75 Å². The standard InChI is InChI=1S/C22H19ClN2O2S/c23-18-8-10-19(11-9-18)24-22(28)25-21(26)17-6-12-20(13-7-17)27-15-14-16-4-2-1-3-5-16/h1-13H,14-15H2,(H2,24,25,26,28).